The van der Waals surface area contributed by atoms with Gasteiger partial charge in [0, 0.05) is 13.1 Å². The van der Waals surface area contributed by atoms with Crippen molar-refractivity contribution in [1.82, 2.24) is 4.90 Å². The fraction of sp³-hybridized carbons (Fsp3) is 0.622. The second kappa shape index (κ2) is 12.5. The third-order valence-corrected chi connectivity index (χ3v) is 11.7. The van der Waals surface area contributed by atoms with Crippen molar-refractivity contribution in [1.29, 1.82) is 0 Å². The van der Waals surface area contributed by atoms with E-state index in [4.69, 9.17) is 9.47 Å². The lowest BCUT2D eigenvalue weighted by atomic mass is 9.50. The van der Waals surface area contributed by atoms with E-state index in [0.717, 1.165) is 44.0 Å². The third kappa shape index (κ3) is 6.25. The lowest BCUT2D eigenvalue weighted by molar-refractivity contribution is -0.108. The number of ether oxygens (including phenoxy) is 2. The largest absolute Gasteiger partial charge is 0.497 e. The lowest BCUT2D eigenvalue weighted by Gasteiger charge is -2.56. The number of allylic oxidation sites excluding steroid dienone is 1. The predicted octanol–water partition coefficient (Wildman–Crippen LogP) is 8.28. The Hall–Kier alpha value is -2.30. The fourth-order valence-corrected chi connectivity index (χ4v) is 8.86. The van der Waals surface area contributed by atoms with E-state index >= 15 is 0 Å². The predicted molar refractivity (Wildman–Crippen MR) is 168 cm³/mol. The summed E-state index contributed by atoms with van der Waals surface area (Å²) in [4.78, 5) is 2.62. The molecule has 2 aromatic rings. The summed E-state index contributed by atoms with van der Waals surface area (Å²) in [6, 6.07) is 17.1. The molecule has 4 heteroatoms. The van der Waals surface area contributed by atoms with E-state index in [1.807, 2.05) is 0 Å². The van der Waals surface area contributed by atoms with Gasteiger partial charge in [-0.3, -0.25) is 4.90 Å². The number of nitrogens with zero attached hydrogens (tertiary/aromatic N) is 1. The molecule has 7 atom stereocenters. The molecule has 0 aliphatic heterocycles. The van der Waals surface area contributed by atoms with Crippen LogP contribution in [0.1, 0.15) is 83.3 Å². The maximum Gasteiger partial charge on any atom is 0.118 e. The summed E-state index contributed by atoms with van der Waals surface area (Å²) in [5.41, 5.74) is 4.35. The monoisotopic (exact) mass is 559 g/mol. The maximum absolute atomic E-state index is 11.5. The average Bonchev–Trinajstić information content (AvgIpc) is 3.28. The van der Waals surface area contributed by atoms with Crippen molar-refractivity contribution in [3.63, 3.8) is 0 Å². The van der Waals surface area contributed by atoms with Crippen LogP contribution in [0.2, 0.25) is 0 Å². The highest BCUT2D eigenvalue weighted by molar-refractivity contribution is 5.29. The van der Waals surface area contributed by atoms with Gasteiger partial charge >= 0.3 is 0 Å². The summed E-state index contributed by atoms with van der Waals surface area (Å²) >= 11 is 0. The van der Waals surface area contributed by atoms with E-state index in [0.29, 0.717) is 23.7 Å². The minimum absolute atomic E-state index is 0.0131. The van der Waals surface area contributed by atoms with E-state index < -0.39 is 0 Å². The molecule has 0 amide bonds. The van der Waals surface area contributed by atoms with Gasteiger partial charge in [0.15, 0.2) is 0 Å². The molecule has 0 heterocycles. The first kappa shape index (κ1) is 30.2. The maximum atomic E-state index is 11.5. The number of aliphatic hydroxyl groups is 1. The molecule has 0 bridgehead atoms. The number of benzene rings is 2. The molecule has 0 radical (unpaired) electrons. The van der Waals surface area contributed by atoms with Crippen LogP contribution in [0.4, 0.5) is 0 Å². The van der Waals surface area contributed by atoms with Crippen LogP contribution in [0.3, 0.4) is 0 Å². The summed E-state index contributed by atoms with van der Waals surface area (Å²) in [6.07, 6.45) is 9.21. The highest BCUT2D eigenvalue weighted by atomic mass is 16.5. The summed E-state index contributed by atoms with van der Waals surface area (Å²) in [5.74, 6) is 4.26. The van der Waals surface area contributed by atoms with Gasteiger partial charge in [0.05, 0.1) is 20.3 Å². The molecule has 4 nitrogen and oxygen atoms in total. The summed E-state index contributed by atoms with van der Waals surface area (Å²) in [6.45, 7) is 14.7. The zero-order valence-corrected chi connectivity index (χ0v) is 26.2. The third-order valence-electron chi connectivity index (χ3n) is 11.7. The van der Waals surface area contributed by atoms with Crippen molar-refractivity contribution in [3.05, 3.63) is 71.8 Å². The minimum Gasteiger partial charge on any atom is -0.497 e. The second-order valence-corrected chi connectivity index (χ2v) is 14.1. The second-order valence-electron chi connectivity index (χ2n) is 14.1. The molecule has 3 fully saturated rings. The molecular formula is C37H53NO3. The Morgan fingerprint density at radius 1 is 0.854 bits per heavy atom. The van der Waals surface area contributed by atoms with Crippen molar-refractivity contribution in [3.8, 4) is 11.5 Å². The fourth-order valence-electron chi connectivity index (χ4n) is 8.86. The quantitative estimate of drug-likeness (QED) is 0.297. The van der Waals surface area contributed by atoms with Crippen LogP contribution in [-0.4, -0.2) is 36.9 Å². The average molecular weight is 560 g/mol. The van der Waals surface area contributed by atoms with Gasteiger partial charge in [-0.15, -0.1) is 0 Å². The van der Waals surface area contributed by atoms with Crippen LogP contribution < -0.4 is 9.47 Å². The topological polar surface area (TPSA) is 41.9 Å². The smallest absolute Gasteiger partial charge is 0.118 e. The first-order valence-electron chi connectivity index (χ1n) is 16.0. The Kier molecular flexibility index (Phi) is 9.21. The van der Waals surface area contributed by atoms with Crippen LogP contribution in [-0.2, 0) is 13.1 Å². The highest BCUT2D eigenvalue weighted by Crippen LogP contribution is 2.63. The zero-order chi connectivity index (χ0) is 29.2. The molecule has 224 valence electrons. The zero-order valence-electron chi connectivity index (χ0n) is 26.2. The molecule has 3 aliphatic carbocycles. The number of fused-ring (bicyclic) bond motifs is 1. The van der Waals surface area contributed by atoms with Crippen molar-refractivity contribution in [2.45, 2.75) is 91.3 Å². The van der Waals surface area contributed by atoms with Gasteiger partial charge in [0.25, 0.3) is 0 Å². The molecule has 7 unspecified atom stereocenters. The van der Waals surface area contributed by atoms with Crippen LogP contribution in [0.15, 0.2) is 60.7 Å². The summed E-state index contributed by atoms with van der Waals surface area (Å²) < 4.78 is 10.8. The summed E-state index contributed by atoms with van der Waals surface area (Å²) in [5, 5.41) is 11.5. The van der Waals surface area contributed by atoms with Gasteiger partial charge in [0.2, 0.25) is 0 Å². The molecule has 0 aromatic heterocycles. The van der Waals surface area contributed by atoms with Crippen LogP contribution in [0.25, 0.3) is 0 Å². The summed E-state index contributed by atoms with van der Waals surface area (Å²) in [7, 11) is 3.45. The van der Waals surface area contributed by atoms with Gasteiger partial charge < -0.3 is 14.6 Å². The van der Waals surface area contributed by atoms with Crippen molar-refractivity contribution >= 4 is 0 Å². The number of hydrogen-bond donors (Lipinski definition) is 1. The normalized spacial score (nSPS) is 33.5. The van der Waals surface area contributed by atoms with E-state index in [9.17, 15) is 5.11 Å². The molecule has 0 saturated heterocycles. The van der Waals surface area contributed by atoms with Gasteiger partial charge in [-0.05, 0) is 128 Å². The van der Waals surface area contributed by atoms with Crippen LogP contribution >= 0.6 is 0 Å². The Morgan fingerprint density at radius 2 is 1.44 bits per heavy atom. The van der Waals surface area contributed by atoms with E-state index in [-0.39, 0.29) is 16.9 Å². The Balaban J connectivity index is 1.40. The number of aliphatic hydroxyl groups excluding tert-OH is 1. The molecule has 0 spiro atoms. The molecule has 2 aromatic carbocycles. The Labute approximate surface area is 249 Å². The molecule has 41 heavy (non-hydrogen) atoms. The van der Waals surface area contributed by atoms with Gasteiger partial charge in [0.1, 0.15) is 11.5 Å². The molecular weight excluding hydrogens is 506 g/mol. The van der Waals surface area contributed by atoms with Gasteiger partial charge in [-0.1, -0.05) is 57.2 Å². The Bertz CT molecular complexity index is 1110. The van der Waals surface area contributed by atoms with Crippen LogP contribution in [0, 0.1) is 34.5 Å². The highest BCUT2D eigenvalue weighted by Gasteiger charge is 2.56. The Morgan fingerprint density at radius 3 is 1.98 bits per heavy atom. The number of rotatable bonds is 10. The van der Waals surface area contributed by atoms with E-state index in [1.165, 1.54) is 55.2 Å². The number of hydrogen-bond acceptors (Lipinski definition) is 4. The van der Waals surface area contributed by atoms with E-state index in [1.54, 1.807) is 14.2 Å². The standard InChI is InChI=1S/C37H53NO3/c1-26-17-20-37(4,35(39)23-26)34-18-21-36(3)27(2)7-16-33(36)32(34)19-22-38(24-28-8-12-30(40-5)13-9-28)25-29-10-14-31(41-6)15-11-29/h8-15,26,32-35,39H,2,7,16-25H2,1,3-6H3. The van der Waals surface area contributed by atoms with Crippen LogP contribution in [0.5, 0.6) is 11.5 Å². The lowest BCUT2D eigenvalue weighted by Crippen LogP contribution is -2.52. The minimum atomic E-state index is -0.192. The molecule has 5 rings (SSSR count). The molecule has 3 aliphatic rings. The molecule has 1 N–H and O–H groups in total. The molecule has 3 saturated carbocycles. The SMILES string of the molecule is C=C1CCC2C(CCN(Cc3ccc(OC)cc3)Cc3ccc(OC)cc3)C(C3(C)CCC(C)CC3O)CCC12C. The number of methoxy groups -OCH3 is 2. The first-order chi connectivity index (χ1) is 19.7. The van der Waals surface area contributed by atoms with Crippen molar-refractivity contribution < 1.29 is 14.6 Å². The van der Waals surface area contributed by atoms with Gasteiger partial charge in [-0.25, -0.2) is 0 Å². The van der Waals surface area contributed by atoms with Crippen molar-refractivity contribution in [2.75, 3.05) is 20.8 Å². The van der Waals surface area contributed by atoms with E-state index in [2.05, 4.69) is 80.8 Å². The first-order valence-corrected chi connectivity index (χ1v) is 16.0. The van der Waals surface area contributed by atoms with Gasteiger partial charge in [-0.2, -0.15) is 0 Å². The van der Waals surface area contributed by atoms with Crippen molar-refractivity contribution in [2.24, 2.45) is 34.5 Å².